The molecule has 0 aromatic carbocycles. The molecule has 9 heteroatoms. The summed E-state index contributed by atoms with van der Waals surface area (Å²) in [5.74, 6) is -4.08. The van der Waals surface area contributed by atoms with Gasteiger partial charge in [-0.2, -0.15) is 4.98 Å². The predicted octanol–water partition coefficient (Wildman–Crippen LogP) is -0.0345. The van der Waals surface area contributed by atoms with E-state index in [1.165, 1.54) is 17.8 Å². The largest absolute Gasteiger partial charge is 0.396 e. The van der Waals surface area contributed by atoms with E-state index in [4.69, 9.17) is 10.8 Å². The summed E-state index contributed by atoms with van der Waals surface area (Å²) >= 11 is 0. The summed E-state index contributed by atoms with van der Waals surface area (Å²) in [5, 5.41) is 9.11. The highest BCUT2D eigenvalue weighted by Crippen LogP contribution is 2.66. The van der Waals surface area contributed by atoms with Crippen LogP contribution >= 0.6 is 0 Å². The molecular formula is C11H13F2N5O2. The Morgan fingerprint density at radius 3 is 2.90 bits per heavy atom. The van der Waals surface area contributed by atoms with Crippen LogP contribution in [0.15, 0.2) is 11.1 Å². The smallest absolute Gasteiger partial charge is 0.280 e. The number of alkyl halides is 2. The Labute approximate surface area is 111 Å². The minimum Gasteiger partial charge on any atom is -0.396 e. The molecule has 0 bridgehead atoms. The fraction of sp³-hybridized carbons (Fsp3) is 0.545. The van der Waals surface area contributed by atoms with Crippen molar-refractivity contribution in [2.45, 2.75) is 19.4 Å². The molecule has 0 saturated heterocycles. The van der Waals surface area contributed by atoms with Gasteiger partial charge in [0.15, 0.2) is 11.2 Å². The molecule has 7 nitrogen and oxygen atoms in total. The van der Waals surface area contributed by atoms with Crippen molar-refractivity contribution >= 4 is 17.1 Å². The van der Waals surface area contributed by atoms with Crippen LogP contribution in [-0.2, 0) is 6.54 Å². The number of imidazole rings is 1. The Kier molecular flexibility index (Phi) is 2.43. The van der Waals surface area contributed by atoms with E-state index in [9.17, 15) is 13.6 Å². The van der Waals surface area contributed by atoms with Gasteiger partial charge in [0, 0.05) is 6.54 Å². The minimum absolute atomic E-state index is 0.0499. The number of aliphatic hydroxyl groups excluding tert-OH is 1. The van der Waals surface area contributed by atoms with Crippen molar-refractivity contribution in [3.63, 3.8) is 0 Å². The average Bonchev–Trinajstić information content (AvgIpc) is 2.70. The standard InChI is InChI=1S/C11H13F2N5O2/c1-10(3-19)5(11(10,12)13)2-18-4-15-6-7(18)16-9(14)17-8(6)20/h4-5,19H,2-3H2,1H3,(H3,14,16,17,20)/t5-,10-/m0/s1. The zero-order chi connectivity index (χ0) is 14.7. The summed E-state index contributed by atoms with van der Waals surface area (Å²) in [7, 11) is 0. The number of hydrogen-bond acceptors (Lipinski definition) is 5. The number of nitrogens with zero attached hydrogens (tertiary/aromatic N) is 3. The van der Waals surface area contributed by atoms with E-state index in [0.717, 1.165) is 0 Å². The number of nitrogen functional groups attached to an aromatic ring is 1. The number of aromatic nitrogens is 4. The molecule has 0 unspecified atom stereocenters. The van der Waals surface area contributed by atoms with E-state index < -0.39 is 29.4 Å². The molecular weight excluding hydrogens is 272 g/mol. The third-order valence-electron chi connectivity index (χ3n) is 4.09. The molecule has 1 fully saturated rings. The number of aliphatic hydroxyl groups is 1. The third-order valence-corrected chi connectivity index (χ3v) is 4.09. The van der Waals surface area contributed by atoms with Crippen LogP contribution < -0.4 is 11.3 Å². The lowest BCUT2D eigenvalue weighted by Gasteiger charge is -2.05. The van der Waals surface area contributed by atoms with Gasteiger partial charge in [0.25, 0.3) is 11.5 Å². The predicted molar refractivity (Wildman–Crippen MR) is 66.2 cm³/mol. The summed E-state index contributed by atoms with van der Waals surface area (Å²) in [6.45, 7) is 0.634. The van der Waals surface area contributed by atoms with Crippen LogP contribution in [0.1, 0.15) is 6.92 Å². The number of hydrogen-bond donors (Lipinski definition) is 3. The number of fused-ring (bicyclic) bond motifs is 1. The summed E-state index contributed by atoms with van der Waals surface area (Å²) in [6.07, 6.45) is 1.28. The Morgan fingerprint density at radius 2 is 2.30 bits per heavy atom. The van der Waals surface area contributed by atoms with Gasteiger partial charge >= 0.3 is 0 Å². The molecule has 2 heterocycles. The van der Waals surface area contributed by atoms with Gasteiger partial charge in [-0.1, -0.05) is 6.92 Å². The maximum atomic E-state index is 13.7. The number of H-pyrrole nitrogens is 1. The van der Waals surface area contributed by atoms with Crippen molar-refractivity contribution in [2.24, 2.45) is 11.3 Å². The fourth-order valence-corrected chi connectivity index (χ4v) is 2.51. The number of aromatic amines is 1. The van der Waals surface area contributed by atoms with Crippen LogP contribution in [0.5, 0.6) is 0 Å². The first-order chi connectivity index (χ1) is 9.31. The highest BCUT2D eigenvalue weighted by atomic mass is 19.3. The van der Waals surface area contributed by atoms with Crippen molar-refractivity contribution in [3.8, 4) is 0 Å². The number of nitrogens with one attached hydrogen (secondary N) is 1. The molecule has 1 aliphatic rings. The summed E-state index contributed by atoms with van der Waals surface area (Å²) in [4.78, 5) is 21.6. The van der Waals surface area contributed by atoms with Crippen molar-refractivity contribution < 1.29 is 13.9 Å². The molecule has 2 atom stereocenters. The topological polar surface area (TPSA) is 110 Å². The minimum atomic E-state index is -2.95. The second kappa shape index (κ2) is 3.75. The monoisotopic (exact) mass is 285 g/mol. The van der Waals surface area contributed by atoms with Crippen molar-refractivity contribution in [3.05, 3.63) is 16.7 Å². The van der Waals surface area contributed by atoms with Gasteiger partial charge in [0.1, 0.15) is 0 Å². The number of nitrogens with two attached hydrogens (primary N) is 1. The number of anilines is 1. The van der Waals surface area contributed by atoms with Gasteiger partial charge in [0.2, 0.25) is 5.95 Å². The first-order valence-electron chi connectivity index (χ1n) is 6.00. The molecule has 4 N–H and O–H groups in total. The average molecular weight is 285 g/mol. The lowest BCUT2D eigenvalue weighted by molar-refractivity contribution is 0.0406. The molecule has 2 aromatic heterocycles. The molecule has 1 aliphatic carbocycles. The number of halogens is 2. The summed E-state index contributed by atoms with van der Waals surface area (Å²) < 4.78 is 28.7. The second-order valence-electron chi connectivity index (χ2n) is 5.27. The molecule has 0 radical (unpaired) electrons. The first-order valence-corrected chi connectivity index (χ1v) is 6.00. The molecule has 0 spiro atoms. The Balaban J connectivity index is 2.00. The second-order valence-corrected chi connectivity index (χ2v) is 5.27. The van der Waals surface area contributed by atoms with Crippen molar-refractivity contribution in [1.29, 1.82) is 0 Å². The van der Waals surface area contributed by atoms with Gasteiger partial charge in [-0.15, -0.1) is 0 Å². The molecule has 3 rings (SSSR count). The van der Waals surface area contributed by atoms with Crippen LogP contribution in [0, 0.1) is 11.3 Å². The summed E-state index contributed by atoms with van der Waals surface area (Å²) in [6, 6.07) is 0. The van der Waals surface area contributed by atoms with E-state index in [1.807, 2.05) is 0 Å². The molecule has 2 aromatic rings. The normalized spacial score (nSPS) is 27.9. The summed E-state index contributed by atoms with van der Waals surface area (Å²) in [5.41, 5.74) is 3.68. The van der Waals surface area contributed by atoms with E-state index in [2.05, 4.69) is 15.0 Å². The molecule has 108 valence electrons. The SMILES string of the molecule is C[C@]1(CO)[C@H](Cn2cnc3c(=O)[nH]c(N)nc32)C1(F)F. The Hall–Kier alpha value is -2.03. The van der Waals surface area contributed by atoms with Crippen LogP contribution in [0.25, 0.3) is 11.2 Å². The van der Waals surface area contributed by atoms with E-state index in [1.54, 1.807) is 0 Å². The van der Waals surface area contributed by atoms with Gasteiger partial charge in [0.05, 0.1) is 24.3 Å². The van der Waals surface area contributed by atoms with Gasteiger partial charge in [-0.3, -0.25) is 9.78 Å². The van der Waals surface area contributed by atoms with Crippen molar-refractivity contribution in [2.75, 3.05) is 12.3 Å². The van der Waals surface area contributed by atoms with Crippen LogP contribution in [-0.4, -0.2) is 37.2 Å². The number of rotatable bonds is 3. The quantitative estimate of drug-likeness (QED) is 0.733. The van der Waals surface area contributed by atoms with Gasteiger partial charge in [-0.25, -0.2) is 13.8 Å². The lowest BCUT2D eigenvalue weighted by atomic mass is 10.1. The molecule has 20 heavy (non-hydrogen) atoms. The van der Waals surface area contributed by atoms with E-state index in [0.29, 0.717) is 0 Å². The maximum absolute atomic E-state index is 13.7. The Morgan fingerprint density at radius 1 is 1.60 bits per heavy atom. The third kappa shape index (κ3) is 1.49. The van der Waals surface area contributed by atoms with Gasteiger partial charge < -0.3 is 15.4 Å². The lowest BCUT2D eigenvalue weighted by Crippen LogP contribution is -2.13. The van der Waals surface area contributed by atoms with Crippen molar-refractivity contribution in [1.82, 2.24) is 19.5 Å². The highest BCUT2D eigenvalue weighted by molar-refractivity contribution is 5.70. The van der Waals surface area contributed by atoms with E-state index in [-0.39, 0.29) is 23.7 Å². The molecule has 1 saturated carbocycles. The van der Waals surface area contributed by atoms with E-state index >= 15 is 0 Å². The molecule has 0 aliphatic heterocycles. The first kappa shape index (κ1) is 13.0. The van der Waals surface area contributed by atoms with Crippen LogP contribution in [0.2, 0.25) is 0 Å². The molecule has 0 amide bonds. The fourth-order valence-electron chi connectivity index (χ4n) is 2.51. The van der Waals surface area contributed by atoms with Crippen LogP contribution in [0.3, 0.4) is 0 Å². The maximum Gasteiger partial charge on any atom is 0.280 e. The van der Waals surface area contributed by atoms with Crippen LogP contribution in [0.4, 0.5) is 14.7 Å². The zero-order valence-corrected chi connectivity index (χ0v) is 10.6. The van der Waals surface area contributed by atoms with Gasteiger partial charge in [-0.05, 0) is 0 Å². The zero-order valence-electron chi connectivity index (χ0n) is 10.6. The Bertz CT molecular complexity index is 740. The highest BCUT2D eigenvalue weighted by Gasteiger charge is 2.77.